The highest BCUT2D eigenvalue weighted by Crippen LogP contribution is 1.89. The molecule has 0 rings (SSSR count). The summed E-state index contributed by atoms with van der Waals surface area (Å²) in [5.74, 6) is 0. The molecule has 0 atom stereocenters. The van der Waals surface area contributed by atoms with Crippen molar-refractivity contribution >= 4 is 16.6 Å². The van der Waals surface area contributed by atoms with Gasteiger partial charge < -0.3 is 4.74 Å². The fraction of sp³-hybridized carbons (Fsp3) is 0.571. The maximum Gasteiger partial charge on any atom is 0.293 e. The molecule has 0 N–H and O–H groups in total. The summed E-state index contributed by atoms with van der Waals surface area (Å²) in [7, 11) is -3.36. The third-order valence-corrected chi connectivity index (χ3v) is 1.58. The Morgan fingerprint density at radius 1 is 1.31 bits per heavy atom. The molecule has 6 heteroatoms. The van der Waals surface area contributed by atoms with E-state index in [-0.39, 0.29) is 6.61 Å². The van der Waals surface area contributed by atoms with Crippen molar-refractivity contribution in [3.05, 3.63) is 12.2 Å². The molecule has 0 radical (unpaired) electrons. The predicted octanol–water partition coefficient (Wildman–Crippen LogP) is 0.0819. The van der Waals surface area contributed by atoms with E-state index in [1.807, 2.05) is 0 Å². The number of ether oxygens (including phenoxy) is 1. The Morgan fingerprint density at radius 2 is 2.00 bits per heavy atom. The fourth-order valence-electron chi connectivity index (χ4n) is 0.533. The monoisotopic (exact) mass is 208 g/mol. The van der Waals surface area contributed by atoms with Crippen LogP contribution in [0.25, 0.3) is 0 Å². The largest absolute Gasteiger partial charge is 0.468 e. The molecule has 0 aliphatic carbocycles. The van der Waals surface area contributed by atoms with Crippen molar-refractivity contribution in [2.24, 2.45) is 0 Å². The molecule has 0 heterocycles. The molecule has 0 saturated carbocycles. The maximum atomic E-state index is 10.4. The average molecular weight is 208 g/mol. The first-order valence-electron chi connectivity index (χ1n) is 3.61. The van der Waals surface area contributed by atoms with E-state index >= 15 is 0 Å². The third-order valence-electron chi connectivity index (χ3n) is 1.02. The second-order valence-electron chi connectivity index (χ2n) is 2.22. The molecule has 0 aliphatic heterocycles. The van der Waals surface area contributed by atoms with E-state index < -0.39 is 10.1 Å². The van der Waals surface area contributed by atoms with Crippen molar-refractivity contribution in [1.29, 1.82) is 0 Å². The van der Waals surface area contributed by atoms with E-state index in [4.69, 9.17) is 0 Å². The van der Waals surface area contributed by atoms with E-state index in [0.717, 1.165) is 6.26 Å². The summed E-state index contributed by atoms with van der Waals surface area (Å²) in [6.45, 7) is 0.666. The van der Waals surface area contributed by atoms with Crippen LogP contribution < -0.4 is 0 Å². The normalized spacial score (nSPS) is 11.8. The Balaban J connectivity index is 3.37. The van der Waals surface area contributed by atoms with Crippen LogP contribution in [0.3, 0.4) is 0 Å². The van der Waals surface area contributed by atoms with Crippen LogP contribution in [-0.2, 0) is 23.8 Å². The SMILES string of the molecule is CS(=O)(=O)OC/C=C/CCOC=O. The van der Waals surface area contributed by atoms with Gasteiger partial charge in [0.2, 0.25) is 0 Å². The molecule has 0 unspecified atom stereocenters. The molecule has 0 bridgehead atoms. The fourth-order valence-corrected chi connectivity index (χ4v) is 0.859. The van der Waals surface area contributed by atoms with E-state index in [9.17, 15) is 13.2 Å². The highest BCUT2D eigenvalue weighted by Gasteiger charge is 1.96. The molecule has 0 aromatic heterocycles. The van der Waals surface area contributed by atoms with Gasteiger partial charge in [-0.25, -0.2) is 0 Å². The summed E-state index contributed by atoms with van der Waals surface area (Å²) in [5.41, 5.74) is 0. The smallest absolute Gasteiger partial charge is 0.293 e. The molecule has 0 aromatic rings. The molecule has 0 amide bonds. The van der Waals surface area contributed by atoms with Gasteiger partial charge in [-0.15, -0.1) is 0 Å². The van der Waals surface area contributed by atoms with E-state index in [0.29, 0.717) is 19.5 Å². The molecule has 13 heavy (non-hydrogen) atoms. The van der Waals surface area contributed by atoms with Gasteiger partial charge in [0, 0.05) is 0 Å². The highest BCUT2D eigenvalue weighted by molar-refractivity contribution is 7.85. The minimum atomic E-state index is -3.36. The minimum Gasteiger partial charge on any atom is -0.468 e. The van der Waals surface area contributed by atoms with E-state index in [1.165, 1.54) is 0 Å². The van der Waals surface area contributed by atoms with Crippen LogP contribution in [0, 0.1) is 0 Å². The van der Waals surface area contributed by atoms with Crippen LogP contribution in [-0.4, -0.2) is 34.4 Å². The van der Waals surface area contributed by atoms with Crippen LogP contribution in [0.5, 0.6) is 0 Å². The predicted molar refractivity (Wildman–Crippen MR) is 46.6 cm³/mol. The highest BCUT2D eigenvalue weighted by atomic mass is 32.2. The average Bonchev–Trinajstić information content (AvgIpc) is 2.01. The van der Waals surface area contributed by atoms with Crippen molar-refractivity contribution in [2.45, 2.75) is 6.42 Å². The van der Waals surface area contributed by atoms with Gasteiger partial charge in [0.25, 0.3) is 16.6 Å². The summed E-state index contributed by atoms with van der Waals surface area (Å²) in [6, 6.07) is 0. The van der Waals surface area contributed by atoms with Crippen molar-refractivity contribution in [3.8, 4) is 0 Å². The second-order valence-corrected chi connectivity index (χ2v) is 3.86. The summed E-state index contributed by atoms with van der Waals surface area (Å²) in [5, 5.41) is 0. The lowest BCUT2D eigenvalue weighted by molar-refractivity contribution is -0.128. The summed E-state index contributed by atoms with van der Waals surface area (Å²) < 4.78 is 29.7. The molecule has 0 saturated heterocycles. The number of rotatable bonds is 7. The third kappa shape index (κ3) is 11.1. The first-order chi connectivity index (χ1) is 6.06. The van der Waals surface area contributed by atoms with Crippen LogP contribution in [0.4, 0.5) is 0 Å². The molecule has 5 nitrogen and oxygen atoms in total. The minimum absolute atomic E-state index is 0.0138. The summed E-state index contributed by atoms with van der Waals surface area (Å²) >= 11 is 0. The zero-order valence-corrected chi connectivity index (χ0v) is 8.12. The van der Waals surface area contributed by atoms with Crippen LogP contribution in [0.1, 0.15) is 6.42 Å². The Hall–Kier alpha value is -0.880. The zero-order chi connectivity index (χ0) is 10.2. The van der Waals surface area contributed by atoms with Crippen molar-refractivity contribution in [2.75, 3.05) is 19.5 Å². The van der Waals surface area contributed by atoms with E-state index in [1.54, 1.807) is 12.2 Å². The lowest BCUT2D eigenvalue weighted by atomic mass is 10.4. The summed E-state index contributed by atoms with van der Waals surface area (Å²) in [4.78, 5) is 9.67. The maximum absolute atomic E-state index is 10.4. The van der Waals surface area contributed by atoms with Crippen molar-refractivity contribution < 1.29 is 22.1 Å². The Labute approximate surface area is 77.5 Å². The first kappa shape index (κ1) is 12.1. The lowest BCUT2D eigenvalue weighted by Gasteiger charge is -1.95. The molecule has 0 fully saturated rings. The van der Waals surface area contributed by atoms with Gasteiger partial charge in [-0.3, -0.25) is 8.98 Å². The standard InChI is InChI=1S/C7H12O5S/c1-13(9,10)12-6-4-2-3-5-11-7-8/h2,4,7H,3,5-6H2,1H3/b4-2+. The molecular weight excluding hydrogens is 196 g/mol. The van der Waals surface area contributed by atoms with E-state index in [2.05, 4.69) is 8.92 Å². The Bertz CT molecular complexity index is 254. The Morgan fingerprint density at radius 3 is 2.54 bits per heavy atom. The molecular formula is C7H12O5S. The topological polar surface area (TPSA) is 69.7 Å². The van der Waals surface area contributed by atoms with Gasteiger partial charge >= 0.3 is 0 Å². The molecule has 76 valence electrons. The molecule has 0 spiro atoms. The number of hydrogen-bond acceptors (Lipinski definition) is 5. The van der Waals surface area contributed by atoms with Gasteiger partial charge in [-0.1, -0.05) is 12.2 Å². The Kier molecular flexibility index (Phi) is 6.17. The second kappa shape index (κ2) is 6.62. The van der Waals surface area contributed by atoms with Crippen LogP contribution >= 0.6 is 0 Å². The quantitative estimate of drug-likeness (QED) is 0.256. The van der Waals surface area contributed by atoms with Crippen molar-refractivity contribution in [1.82, 2.24) is 0 Å². The number of carbonyl (C=O) groups excluding carboxylic acids is 1. The number of carbonyl (C=O) groups is 1. The van der Waals surface area contributed by atoms with Gasteiger partial charge in [-0.05, 0) is 6.42 Å². The van der Waals surface area contributed by atoms with Gasteiger partial charge in [0.05, 0.1) is 19.5 Å². The van der Waals surface area contributed by atoms with Gasteiger partial charge in [0.1, 0.15) is 0 Å². The van der Waals surface area contributed by atoms with Crippen LogP contribution in [0.2, 0.25) is 0 Å². The molecule has 0 aliphatic rings. The summed E-state index contributed by atoms with van der Waals surface area (Å²) in [6.07, 6.45) is 4.76. The lowest BCUT2D eigenvalue weighted by Crippen LogP contribution is -2.02. The van der Waals surface area contributed by atoms with Gasteiger partial charge in [-0.2, -0.15) is 8.42 Å². The van der Waals surface area contributed by atoms with Crippen LogP contribution in [0.15, 0.2) is 12.2 Å². The number of hydrogen-bond donors (Lipinski definition) is 0. The van der Waals surface area contributed by atoms with Crippen molar-refractivity contribution in [3.63, 3.8) is 0 Å². The zero-order valence-electron chi connectivity index (χ0n) is 7.30. The molecule has 0 aromatic carbocycles. The first-order valence-corrected chi connectivity index (χ1v) is 5.42. The van der Waals surface area contributed by atoms with Gasteiger partial charge in [0.15, 0.2) is 0 Å².